The smallest absolute Gasteiger partial charge is 0.227 e. The van der Waals surface area contributed by atoms with Crippen LogP contribution in [-0.4, -0.2) is 48.1 Å². The van der Waals surface area contributed by atoms with Crippen molar-refractivity contribution in [2.75, 3.05) is 43.4 Å². The van der Waals surface area contributed by atoms with Gasteiger partial charge in [-0.25, -0.2) is 9.97 Å². The van der Waals surface area contributed by atoms with Crippen molar-refractivity contribution in [3.05, 3.63) is 41.7 Å². The molecule has 2 aromatic rings. The summed E-state index contributed by atoms with van der Waals surface area (Å²) in [5.41, 5.74) is 4.67. The third kappa shape index (κ3) is 3.85. The van der Waals surface area contributed by atoms with Crippen LogP contribution in [0.25, 0.3) is 0 Å². The van der Waals surface area contributed by atoms with Crippen molar-refractivity contribution in [1.82, 2.24) is 14.9 Å². The largest absolute Gasteiger partial charge is 0.369 e. The van der Waals surface area contributed by atoms with Gasteiger partial charge in [0, 0.05) is 49.4 Å². The molecule has 0 atom stereocenters. The monoisotopic (exact) mass is 325 g/mol. The lowest BCUT2D eigenvalue weighted by atomic mass is 10.1. The molecule has 2 heterocycles. The van der Waals surface area contributed by atoms with Crippen LogP contribution in [0, 0.1) is 0 Å². The number of aromatic nitrogens is 2. The van der Waals surface area contributed by atoms with Crippen molar-refractivity contribution in [3.8, 4) is 0 Å². The molecule has 3 rings (SSSR count). The number of nitrogens with zero attached hydrogens (tertiary/aromatic N) is 4. The molecule has 1 aliphatic heterocycles. The van der Waals surface area contributed by atoms with E-state index < -0.39 is 0 Å². The molecular formula is C19H27N5. The molecule has 24 heavy (non-hydrogen) atoms. The van der Waals surface area contributed by atoms with E-state index in [1.807, 2.05) is 6.20 Å². The Morgan fingerprint density at radius 3 is 2.33 bits per heavy atom. The number of hydrogen-bond acceptors (Lipinski definition) is 5. The summed E-state index contributed by atoms with van der Waals surface area (Å²) in [6, 6.07) is 8.57. The van der Waals surface area contributed by atoms with Gasteiger partial charge in [-0.3, -0.25) is 0 Å². The van der Waals surface area contributed by atoms with E-state index in [4.69, 9.17) is 0 Å². The van der Waals surface area contributed by atoms with E-state index in [-0.39, 0.29) is 0 Å². The first-order valence-corrected chi connectivity index (χ1v) is 8.85. The van der Waals surface area contributed by atoms with E-state index in [0.717, 1.165) is 50.4 Å². The summed E-state index contributed by atoms with van der Waals surface area (Å²) in [4.78, 5) is 13.9. The van der Waals surface area contributed by atoms with Crippen molar-refractivity contribution >= 4 is 17.3 Å². The average molecular weight is 325 g/mol. The van der Waals surface area contributed by atoms with Crippen molar-refractivity contribution in [2.45, 2.75) is 26.7 Å². The minimum atomic E-state index is 0.677. The lowest BCUT2D eigenvalue weighted by molar-refractivity contribution is 0.313. The van der Waals surface area contributed by atoms with E-state index in [2.05, 4.69) is 70.2 Å². The number of piperazine rings is 1. The highest BCUT2D eigenvalue weighted by Crippen LogP contribution is 2.21. The molecule has 1 saturated heterocycles. The first-order chi connectivity index (χ1) is 11.7. The van der Waals surface area contributed by atoms with Gasteiger partial charge in [0.1, 0.15) is 0 Å². The van der Waals surface area contributed by atoms with Crippen LogP contribution in [0.2, 0.25) is 0 Å². The Labute approximate surface area is 144 Å². The standard InChI is InChI=1S/C19H27N5/c1-4-15-14-20-19(22-18(15)5-2)21-16-6-8-17(9-7-16)24-12-10-23(3)11-13-24/h6-9,14H,4-5,10-13H2,1-3H3,(H,20,21,22). The quantitative estimate of drug-likeness (QED) is 0.915. The number of anilines is 3. The first-order valence-electron chi connectivity index (χ1n) is 8.85. The summed E-state index contributed by atoms with van der Waals surface area (Å²) >= 11 is 0. The lowest BCUT2D eigenvalue weighted by Gasteiger charge is -2.34. The zero-order chi connectivity index (χ0) is 16.9. The second-order valence-corrected chi connectivity index (χ2v) is 6.33. The summed E-state index contributed by atoms with van der Waals surface area (Å²) in [5.74, 6) is 0.677. The molecule has 0 bridgehead atoms. The number of nitrogens with one attached hydrogen (secondary N) is 1. The second-order valence-electron chi connectivity index (χ2n) is 6.33. The molecule has 0 saturated carbocycles. The van der Waals surface area contributed by atoms with E-state index in [1.54, 1.807) is 0 Å². The molecule has 0 radical (unpaired) electrons. The second kappa shape index (κ2) is 7.62. The number of hydrogen-bond donors (Lipinski definition) is 1. The van der Waals surface area contributed by atoms with Crippen LogP contribution >= 0.6 is 0 Å². The number of likely N-dealkylation sites (N-methyl/N-ethyl adjacent to an activating group) is 1. The van der Waals surface area contributed by atoms with Crippen molar-refractivity contribution in [2.24, 2.45) is 0 Å². The van der Waals surface area contributed by atoms with Crippen LogP contribution in [0.4, 0.5) is 17.3 Å². The van der Waals surface area contributed by atoms with Crippen LogP contribution in [0.1, 0.15) is 25.1 Å². The van der Waals surface area contributed by atoms with Crippen LogP contribution in [0.3, 0.4) is 0 Å². The lowest BCUT2D eigenvalue weighted by Crippen LogP contribution is -2.44. The molecular weight excluding hydrogens is 298 g/mol. The third-order valence-electron chi connectivity index (χ3n) is 4.66. The summed E-state index contributed by atoms with van der Waals surface area (Å²) < 4.78 is 0. The zero-order valence-corrected chi connectivity index (χ0v) is 14.9. The average Bonchev–Trinajstić information content (AvgIpc) is 2.63. The van der Waals surface area contributed by atoms with Crippen molar-refractivity contribution < 1.29 is 0 Å². The van der Waals surface area contributed by atoms with Gasteiger partial charge in [-0.05, 0) is 49.7 Å². The summed E-state index contributed by atoms with van der Waals surface area (Å²) in [7, 11) is 2.18. The highest BCUT2D eigenvalue weighted by Gasteiger charge is 2.14. The highest BCUT2D eigenvalue weighted by atomic mass is 15.2. The maximum Gasteiger partial charge on any atom is 0.227 e. The predicted molar refractivity (Wildman–Crippen MR) is 100 cm³/mol. The fourth-order valence-corrected chi connectivity index (χ4v) is 3.05. The maximum absolute atomic E-state index is 4.64. The van der Waals surface area contributed by atoms with Crippen LogP contribution in [0.15, 0.2) is 30.5 Å². The molecule has 128 valence electrons. The Bertz CT molecular complexity index is 660. The van der Waals surface area contributed by atoms with Gasteiger partial charge in [0.15, 0.2) is 0 Å². The molecule has 1 N–H and O–H groups in total. The maximum atomic E-state index is 4.64. The first kappa shape index (κ1) is 16.7. The van der Waals surface area contributed by atoms with Gasteiger partial charge in [-0.2, -0.15) is 0 Å². The minimum Gasteiger partial charge on any atom is -0.369 e. The van der Waals surface area contributed by atoms with Crippen LogP contribution < -0.4 is 10.2 Å². The van der Waals surface area contributed by atoms with Gasteiger partial charge >= 0.3 is 0 Å². The van der Waals surface area contributed by atoms with Gasteiger partial charge in [-0.1, -0.05) is 13.8 Å². The summed E-state index contributed by atoms with van der Waals surface area (Å²) in [5, 5.41) is 3.32. The molecule has 5 nitrogen and oxygen atoms in total. The molecule has 1 aliphatic rings. The van der Waals surface area contributed by atoms with E-state index in [9.17, 15) is 0 Å². The molecule has 0 aliphatic carbocycles. The van der Waals surface area contributed by atoms with Gasteiger partial charge in [0.25, 0.3) is 0 Å². The summed E-state index contributed by atoms with van der Waals surface area (Å²) in [6.45, 7) is 8.70. The molecule has 0 amide bonds. The van der Waals surface area contributed by atoms with Crippen LogP contribution in [0.5, 0.6) is 0 Å². The van der Waals surface area contributed by atoms with E-state index in [0.29, 0.717) is 5.95 Å². The van der Waals surface area contributed by atoms with Gasteiger partial charge < -0.3 is 15.1 Å². The molecule has 0 spiro atoms. The Balaban J connectivity index is 1.68. The van der Waals surface area contributed by atoms with Crippen molar-refractivity contribution in [3.63, 3.8) is 0 Å². The Morgan fingerprint density at radius 1 is 1.00 bits per heavy atom. The molecule has 1 aromatic heterocycles. The fraction of sp³-hybridized carbons (Fsp3) is 0.474. The SMILES string of the molecule is CCc1cnc(Nc2ccc(N3CCN(C)CC3)cc2)nc1CC. The van der Waals surface area contributed by atoms with E-state index in [1.165, 1.54) is 11.3 Å². The molecule has 1 aromatic carbocycles. The Hall–Kier alpha value is -2.14. The topological polar surface area (TPSA) is 44.3 Å². The molecule has 5 heteroatoms. The Morgan fingerprint density at radius 2 is 1.71 bits per heavy atom. The highest BCUT2D eigenvalue weighted by molar-refractivity contribution is 5.59. The Kier molecular flexibility index (Phi) is 5.30. The number of benzene rings is 1. The third-order valence-corrected chi connectivity index (χ3v) is 4.66. The van der Waals surface area contributed by atoms with Gasteiger partial charge in [-0.15, -0.1) is 0 Å². The molecule has 1 fully saturated rings. The zero-order valence-electron chi connectivity index (χ0n) is 14.9. The fourth-order valence-electron chi connectivity index (χ4n) is 3.05. The number of aryl methyl sites for hydroxylation is 2. The molecule has 0 unspecified atom stereocenters. The minimum absolute atomic E-state index is 0.677. The van der Waals surface area contributed by atoms with Crippen molar-refractivity contribution in [1.29, 1.82) is 0 Å². The summed E-state index contributed by atoms with van der Waals surface area (Å²) in [6.07, 6.45) is 3.85. The van der Waals surface area contributed by atoms with Gasteiger partial charge in [0.2, 0.25) is 5.95 Å². The number of rotatable bonds is 5. The van der Waals surface area contributed by atoms with Crippen LogP contribution in [-0.2, 0) is 12.8 Å². The van der Waals surface area contributed by atoms with E-state index >= 15 is 0 Å². The predicted octanol–water partition coefficient (Wildman–Crippen LogP) is 3.10. The van der Waals surface area contributed by atoms with Gasteiger partial charge in [0.05, 0.1) is 0 Å². The normalized spacial score (nSPS) is 15.5.